The Morgan fingerprint density at radius 3 is 3.00 bits per heavy atom. The van der Waals surface area contributed by atoms with E-state index in [0.29, 0.717) is 17.0 Å². The summed E-state index contributed by atoms with van der Waals surface area (Å²) in [6, 6.07) is 0.389. The van der Waals surface area contributed by atoms with Crippen LogP contribution in [0, 0.1) is 0 Å². The number of carbonyl (C=O) groups excluding carboxylic acids is 1. The van der Waals surface area contributed by atoms with Crippen LogP contribution in [0.3, 0.4) is 0 Å². The number of amides is 1. The first kappa shape index (κ1) is 10.3. The summed E-state index contributed by atoms with van der Waals surface area (Å²) >= 11 is 5.78. The van der Waals surface area contributed by atoms with E-state index in [1.165, 1.54) is 12.8 Å². The molecule has 2 nitrogen and oxygen atoms in total. The third kappa shape index (κ3) is 2.59. The van der Waals surface area contributed by atoms with E-state index in [4.69, 9.17) is 0 Å². The fourth-order valence-corrected chi connectivity index (χ4v) is 2.65. The van der Waals surface area contributed by atoms with Gasteiger partial charge in [0, 0.05) is 11.3 Å². The van der Waals surface area contributed by atoms with E-state index in [0.717, 1.165) is 6.42 Å². The van der Waals surface area contributed by atoms with Crippen molar-refractivity contribution in [3.63, 3.8) is 0 Å². The normalized spacial score (nSPS) is 28.8. The van der Waals surface area contributed by atoms with Gasteiger partial charge in [0.1, 0.15) is 0 Å². The first-order chi connectivity index (χ1) is 5.77. The van der Waals surface area contributed by atoms with Gasteiger partial charge in [-0.3, -0.25) is 4.79 Å². The second-order valence-electron chi connectivity index (χ2n) is 3.04. The van der Waals surface area contributed by atoms with Crippen molar-refractivity contribution in [1.82, 2.24) is 5.32 Å². The molecule has 1 aliphatic carbocycles. The van der Waals surface area contributed by atoms with E-state index in [2.05, 4.69) is 24.2 Å². The molecule has 70 valence electrons. The number of rotatable bonds is 3. The van der Waals surface area contributed by atoms with Gasteiger partial charge in [0.25, 0.3) is 0 Å². The molecule has 0 saturated heterocycles. The third-order valence-corrected chi connectivity index (χ3v) is 3.70. The summed E-state index contributed by atoms with van der Waals surface area (Å²) in [4.78, 5) is 11.0. The van der Waals surface area contributed by atoms with Gasteiger partial charge in [-0.15, -0.1) is 0 Å². The minimum Gasteiger partial charge on any atom is -0.352 e. The van der Waals surface area contributed by atoms with E-state index >= 15 is 0 Å². The van der Waals surface area contributed by atoms with E-state index in [-0.39, 0.29) is 5.91 Å². The predicted octanol–water partition coefficient (Wildman–Crippen LogP) is 1.32. The first-order valence-electron chi connectivity index (χ1n) is 4.21. The molecule has 1 fully saturated rings. The van der Waals surface area contributed by atoms with Crippen LogP contribution in [0.15, 0.2) is 0 Å². The number of carbonyl (C=O) groups is 1. The molecule has 2 atom stereocenters. The van der Waals surface area contributed by atoms with Crippen LogP contribution in [0.5, 0.6) is 0 Å². The van der Waals surface area contributed by atoms with Crippen molar-refractivity contribution in [2.75, 3.05) is 12.0 Å². The third-order valence-electron chi connectivity index (χ3n) is 2.25. The summed E-state index contributed by atoms with van der Waals surface area (Å²) in [5.41, 5.74) is 0. The number of thioether (sulfide) groups is 1. The van der Waals surface area contributed by atoms with E-state index in [9.17, 15) is 4.79 Å². The molecule has 0 aromatic heterocycles. The van der Waals surface area contributed by atoms with Crippen LogP contribution in [0.1, 0.15) is 19.3 Å². The highest BCUT2D eigenvalue weighted by Gasteiger charge is 2.27. The second-order valence-corrected chi connectivity index (χ2v) is 4.43. The van der Waals surface area contributed by atoms with Crippen LogP contribution < -0.4 is 5.32 Å². The zero-order valence-corrected chi connectivity index (χ0v) is 8.96. The number of hydrogen-bond acceptors (Lipinski definition) is 3. The quantitative estimate of drug-likeness (QED) is 0.680. The van der Waals surface area contributed by atoms with Crippen LogP contribution >= 0.6 is 24.4 Å². The van der Waals surface area contributed by atoms with Gasteiger partial charge in [0.15, 0.2) is 0 Å². The lowest BCUT2D eigenvalue weighted by Gasteiger charge is -2.18. The van der Waals surface area contributed by atoms with Gasteiger partial charge >= 0.3 is 0 Å². The summed E-state index contributed by atoms with van der Waals surface area (Å²) < 4.78 is 0. The second kappa shape index (κ2) is 5.02. The molecule has 4 heteroatoms. The Morgan fingerprint density at radius 1 is 1.67 bits per heavy atom. The molecule has 0 heterocycles. The summed E-state index contributed by atoms with van der Waals surface area (Å²) in [6.07, 6.45) is 5.71. The Bertz CT molecular complexity index is 163. The van der Waals surface area contributed by atoms with Crippen molar-refractivity contribution in [1.29, 1.82) is 0 Å². The first-order valence-corrected chi connectivity index (χ1v) is 6.13. The zero-order valence-electron chi connectivity index (χ0n) is 7.25. The van der Waals surface area contributed by atoms with Crippen molar-refractivity contribution in [2.24, 2.45) is 0 Å². The molecule has 0 bridgehead atoms. The molecular weight excluding hydrogens is 190 g/mol. The summed E-state index contributed by atoms with van der Waals surface area (Å²) in [7, 11) is 0. The maximum absolute atomic E-state index is 11.0. The van der Waals surface area contributed by atoms with Gasteiger partial charge in [-0.2, -0.15) is 24.4 Å². The molecular formula is C8H15NOS2. The zero-order chi connectivity index (χ0) is 8.97. The minimum atomic E-state index is 0.0595. The maximum atomic E-state index is 11.0. The van der Waals surface area contributed by atoms with Gasteiger partial charge < -0.3 is 5.32 Å². The molecule has 0 aliphatic heterocycles. The fraction of sp³-hybridized carbons (Fsp3) is 0.875. The largest absolute Gasteiger partial charge is 0.352 e. The van der Waals surface area contributed by atoms with Crippen molar-refractivity contribution in [3.8, 4) is 0 Å². The van der Waals surface area contributed by atoms with Crippen LogP contribution in [0.2, 0.25) is 0 Å². The van der Waals surface area contributed by atoms with Gasteiger partial charge in [-0.05, 0) is 19.1 Å². The number of hydrogen-bond donors (Lipinski definition) is 2. The van der Waals surface area contributed by atoms with Crippen LogP contribution in [0.25, 0.3) is 0 Å². The maximum Gasteiger partial charge on any atom is 0.229 e. The van der Waals surface area contributed by atoms with Crippen molar-refractivity contribution in [3.05, 3.63) is 0 Å². The standard InChI is InChI=1S/C8H15NOS2/c1-12-7-4-2-3-6(7)9-8(10)5-11/h6-7,11H,2-5H2,1H3,(H,9,10). The summed E-state index contributed by atoms with van der Waals surface area (Å²) in [5, 5.41) is 3.61. The average Bonchev–Trinajstić information content (AvgIpc) is 2.51. The number of nitrogens with one attached hydrogen (secondary N) is 1. The van der Waals surface area contributed by atoms with E-state index in [1.54, 1.807) is 0 Å². The predicted molar refractivity (Wildman–Crippen MR) is 56.9 cm³/mol. The van der Waals surface area contributed by atoms with Crippen LogP contribution in [-0.2, 0) is 4.79 Å². The van der Waals surface area contributed by atoms with E-state index in [1.807, 2.05) is 11.8 Å². The van der Waals surface area contributed by atoms with Crippen molar-refractivity contribution >= 4 is 30.3 Å². The minimum absolute atomic E-state index is 0.0595. The molecule has 0 aromatic carbocycles. The Labute approximate surface area is 83.3 Å². The summed E-state index contributed by atoms with van der Waals surface area (Å²) in [6.45, 7) is 0. The highest BCUT2D eigenvalue weighted by Crippen LogP contribution is 2.28. The lowest BCUT2D eigenvalue weighted by molar-refractivity contribution is -0.119. The summed E-state index contributed by atoms with van der Waals surface area (Å²) in [5.74, 6) is 0.363. The molecule has 0 radical (unpaired) electrons. The van der Waals surface area contributed by atoms with Crippen molar-refractivity contribution < 1.29 is 4.79 Å². The highest BCUT2D eigenvalue weighted by atomic mass is 32.2. The Morgan fingerprint density at radius 2 is 2.42 bits per heavy atom. The lowest BCUT2D eigenvalue weighted by Crippen LogP contribution is -2.39. The Kier molecular flexibility index (Phi) is 4.29. The Balaban J connectivity index is 2.35. The molecule has 1 N–H and O–H groups in total. The topological polar surface area (TPSA) is 29.1 Å². The molecule has 0 spiro atoms. The Hall–Kier alpha value is 0.170. The smallest absolute Gasteiger partial charge is 0.229 e. The number of thiol groups is 1. The van der Waals surface area contributed by atoms with Gasteiger partial charge in [-0.1, -0.05) is 6.42 Å². The van der Waals surface area contributed by atoms with E-state index < -0.39 is 0 Å². The van der Waals surface area contributed by atoms with Crippen molar-refractivity contribution in [2.45, 2.75) is 30.6 Å². The van der Waals surface area contributed by atoms with Gasteiger partial charge in [0.05, 0.1) is 5.75 Å². The van der Waals surface area contributed by atoms with Crippen LogP contribution in [0.4, 0.5) is 0 Å². The van der Waals surface area contributed by atoms with Crippen LogP contribution in [-0.4, -0.2) is 29.2 Å². The van der Waals surface area contributed by atoms with Gasteiger partial charge in [-0.25, -0.2) is 0 Å². The highest BCUT2D eigenvalue weighted by molar-refractivity contribution is 7.99. The molecule has 12 heavy (non-hydrogen) atoms. The molecule has 1 amide bonds. The van der Waals surface area contributed by atoms with Gasteiger partial charge in [0.2, 0.25) is 5.91 Å². The molecule has 2 unspecified atom stereocenters. The molecule has 1 rings (SSSR count). The monoisotopic (exact) mass is 205 g/mol. The molecule has 1 aliphatic rings. The fourth-order valence-electron chi connectivity index (χ4n) is 1.63. The molecule has 1 saturated carbocycles. The average molecular weight is 205 g/mol. The molecule has 0 aromatic rings. The SMILES string of the molecule is CSC1CCCC1NC(=O)CS. The lowest BCUT2D eigenvalue weighted by atomic mass is 10.2.